The Hall–Kier alpha value is -1.26. The third-order valence-corrected chi connectivity index (χ3v) is 2.98. The summed E-state index contributed by atoms with van der Waals surface area (Å²) in [4.78, 5) is 4.12. The minimum Gasteiger partial charge on any atom is -0.377 e. The Bertz CT molecular complexity index is 470. The van der Waals surface area contributed by atoms with Crippen molar-refractivity contribution >= 4 is 11.3 Å². The second kappa shape index (κ2) is 5.89. The Morgan fingerprint density at radius 2 is 2.29 bits per heavy atom. The Morgan fingerprint density at radius 3 is 3.00 bits per heavy atom. The molecular weight excluding hydrogens is 237 g/mol. The fourth-order valence-electron chi connectivity index (χ4n) is 1.56. The van der Waals surface area contributed by atoms with E-state index in [0.29, 0.717) is 30.0 Å². The maximum Gasteiger partial charge on any atom is 0.138 e. The number of aromatic nitrogens is 1. The third-order valence-electron chi connectivity index (χ3n) is 2.39. The fourth-order valence-corrected chi connectivity index (χ4v) is 2.11. The van der Waals surface area contributed by atoms with E-state index in [1.807, 2.05) is 18.4 Å². The number of nitrogens with zero attached hydrogens (tertiary/aromatic N) is 1. The van der Waals surface area contributed by atoms with E-state index in [1.54, 1.807) is 17.6 Å². The fraction of sp³-hybridized carbons (Fsp3) is 0.308. The first kappa shape index (κ1) is 12.2. The van der Waals surface area contributed by atoms with Crippen molar-refractivity contribution in [2.24, 2.45) is 0 Å². The van der Waals surface area contributed by atoms with Gasteiger partial charge in [-0.3, -0.25) is 0 Å². The molecule has 90 valence electrons. The molecule has 0 saturated heterocycles. The van der Waals surface area contributed by atoms with Gasteiger partial charge >= 0.3 is 0 Å². The van der Waals surface area contributed by atoms with Crippen LogP contribution in [-0.2, 0) is 11.3 Å². The Labute approximate surface area is 104 Å². The Kier molecular flexibility index (Phi) is 4.23. The number of benzene rings is 1. The molecular formula is C13H14FNOS. The van der Waals surface area contributed by atoms with Gasteiger partial charge < -0.3 is 4.74 Å². The third kappa shape index (κ3) is 2.90. The molecule has 2 aromatic rings. The predicted molar refractivity (Wildman–Crippen MR) is 67.5 cm³/mol. The normalized spacial score (nSPS) is 10.7. The van der Waals surface area contributed by atoms with Gasteiger partial charge in [0.25, 0.3) is 0 Å². The molecule has 2 nitrogen and oxygen atoms in total. The van der Waals surface area contributed by atoms with Gasteiger partial charge in [0.15, 0.2) is 0 Å². The minimum atomic E-state index is -0.227. The highest BCUT2D eigenvalue weighted by molar-refractivity contribution is 7.07. The quantitative estimate of drug-likeness (QED) is 0.752. The molecule has 1 heterocycles. The zero-order chi connectivity index (χ0) is 12.1. The van der Waals surface area contributed by atoms with Crippen molar-refractivity contribution in [3.05, 3.63) is 40.5 Å². The standard InChI is InChI=1S/C13H14FNOS/c1-2-6-16-7-10-4-3-5-11(13(10)14)12-8-17-9-15-12/h3-5,8-9H,2,6-7H2,1H3. The number of thiazole rings is 1. The summed E-state index contributed by atoms with van der Waals surface area (Å²) >= 11 is 1.46. The smallest absolute Gasteiger partial charge is 0.138 e. The van der Waals surface area contributed by atoms with E-state index in [4.69, 9.17) is 4.74 Å². The molecule has 0 saturated carbocycles. The molecule has 0 aliphatic rings. The molecule has 0 aliphatic carbocycles. The molecule has 0 aliphatic heterocycles. The Morgan fingerprint density at radius 1 is 1.41 bits per heavy atom. The predicted octanol–water partition coefficient (Wildman–Crippen LogP) is 3.88. The molecule has 1 aromatic heterocycles. The van der Waals surface area contributed by atoms with E-state index in [0.717, 1.165) is 6.42 Å². The monoisotopic (exact) mass is 251 g/mol. The van der Waals surface area contributed by atoms with Crippen molar-refractivity contribution < 1.29 is 9.13 Å². The zero-order valence-corrected chi connectivity index (χ0v) is 10.5. The number of hydrogen-bond acceptors (Lipinski definition) is 3. The molecule has 0 unspecified atom stereocenters. The number of ether oxygens (including phenoxy) is 1. The first-order valence-corrected chi connectivity index (χ1v) is 6.51. The van der Waals surface area contributed by atoms with E-state index in [2.05, 4.69) is 4.98 Å². The molecule has 0 N–H and O–H groups in total. The van der Waals surface area contributed by atoms with Crippen LogP contribution < -0.4 is 0 Å². The van der Waals surface area contributed by atoms with Crippen LogP contribution >= 0.6 is 11.3 Å². The van der Waals surface area contributed by atoms with Crippen LogP contribution in [0.3, 0.4) is 0 Å². The van der Waals surface area contributed by atoms with Crippen LogP contribution in [0.15, 0.2) is 29.1 Å². The summed E-state index contributed by atoms with van der Waals surface area (Å²) in [6, 6.07) is 5.33. The second-order valence-electron chi connectivity index (χ2n) is 3.70. The Balaban J connectivity index is 2.21. The second-order valence-corrected chi connectivity index (χ2v) is 4.42. The average Bonchev–Trinajstić information content (AvgIpc) is 2.85. The van der Waals surface area contributed by atoms with Crippen LogP contribution in [0, 0.1) is 5.82 Å². The lowest BCUT2D eigenvalue weighted by molar-refractivity contribution is 0.119. The van der Waals surface area contributed by atoms with Gasteiger partial charge in [0.05, 0.1) is 17.8 Å². The molecule has 0 atom stereocenters. The van der Waals surface area contributed by atoms with Crippen molar-refractivity contribution in [3.63, 3.8) is 0 Å². The van der Waals surface area contributed by atoms with Gasteiger partial charge in [-0.25, -0.2) is 9.37 Å². The first-order chi connectivity index (χ1) is 8.33. The van der Waals surface area contributed by atoms with E-state index in [9.17, 15) is 4.39 Å². The van der Waals surface area contributed by atoms with Crippen LogP contribution in [0.5, 0.6) is 0 Å². The van der Waals surface area contributed by atoms with E-state index >= 15 is 0 Å². The molecule has 0 radical (unpaired) electrons. The first-order valence-electron chi connectivity index (χ1n) is 5.56. The summed E-state index contributed by atoms with van der Waals surface area (Å²) in [6.45, 7) is 3.00. The number of hydrogen-bond donors (Lipinski definition) is 0. The average molecular weight is 251 g/mol. The summed E-state index contributed by atoms with van der Waals surface area (Å²) < 4.78 is 19.5. The summed E-state index contributed by atoms with van der Waals surface area (Å²) in [5, 5.41) is 1.84. The van der Waals surface area contributed by atoms with Gasteiger partial charge in [-0.15, -0.1) is 11.3 Å². The highest BCUT2D eigenvalue weighted by atomic mass is 32.1. The lowest BCUT2D eigenvalue weighted by Crippen LogP contribution is -1.98. The molecule has 0 spiro atoms. The molecule has 2 rings (SSSR count). The van der Waals surface area contributed by atoms with Crippen molar-refractivity contribution in [1.82, 2.24) is 4.98 Å². The van der Waals surface area contributed by atoms with Gasteiger partial charge in [0.2, 0.25) is 0 Å². The summed E-state index contributed by atoms with van der Waals surface area (Å²) in [5.74, 6) is -0.227. The summed E-state index contributed by atoms with van der Waals surface area (Å²) in [7, 11) is 0. The van der Waals surface area contributed by atoms with Crippen LogP contribution in [0.2, 0.25) is 0 Å². The van der Waals surface area contributed by atoms with Gasteiger partial charge in [0, 0.05) is 23.1 Å². The zero-order valence-electron chi connectivity index (χ0n) is 9.65. The molecule has 0 fully saturated rings. The van der Waals surface area contributed by atoms with Gasteiger partial charge in [0.1, 0.15) is 5.82 Å². The molecule has 17 heavy (non-hydrogen) atoms. The van der Waals surface area contributed by atoms with Gasteiger partial charge in [-0.05, 0) is 12.5 Å². The lowest BCUT2D eigenvalue weighted by Gasteiger charge is -2.07. The van der Waals surface area contributed by atoms with Crippen molar-refractivity contribution in [3.8, 4) is 11.3 Å². The number of halogens is 1. The maximum atomic E-state index is 14.1. The molecule has 4 heteroatoms. The van der Waals surface area contributed by atoms with Crippen LogP contribution in [0.25, 0.3) is 11.3 Å². The van der Waals surface area contributed by atoms with Crippen LogP contribution in [0.4, 0.5) is 4.39 Å². The number of rotatable bonds is 5. The maximum absolute atomic E-state index is 14.1. The lowest BCUT2D eigenvalue weighted by atomic mass is 10.1. The van der Waals surface area contributed by atoms with Crippen LogP contribution in [-0.4, -0.2) is 11.6 Å². The highest BCUT2D eigenvalue weighted by Crippen LogP contribution is 2.25. The van der Waals surface area contributed by atoms with E-state index in [1.165, 1.54) is 11.3 Å². The highest BCUT2D eigenvalue weighted by Gasteiger charge is 2.10. The van der Waals surface area contributed by atoms with Gasteiger partial charge in [-0.1, -0.05) is 19.1 Å². The SMILES string of the molecule is CCCOCc1cccc(-c2cscn2)c1F. The molecule has 0 amide bonds. The van der Waals surface area contributed by atoms with Crippen LogP contribution in [0.1, 0.15) is 18.9 Å². The topological polar surface area (TPSA) is 22.1 Å². The minimum absolute atomic E-state index is 0.227. The van der Waals surface area contributed by atoms with Crippen molar-refractivity contribution in [2.75, 3.05) is 6.61 Å². The van der Waals surface area contributed by atoms with Crippen molar-refractivity contribution in [1.29, 1.82) is 0 Å². The van der Waals surface area contributed by atoms with E-state index in [-0.39, 0.29) is 5.82 Å². The summed E-state index contributed by atoms with van der Waals surface area (Å²) in [6.07, 6.45) is 0.938. The van der Waals surface area contributed by atoms with E-state index < -0.39 is 0 Å². The molecule has 1 aromatic carbocycles. The largest absolute Gasteiger partial charge is 0.377 e. The van der Waals surface area contributed by atoms with Gasteiger partial charge in [-0.2, -0.15) is 0 Å². The van der Waals surface area contributed by atoms with Crippen molar-refractivity contribution in [2.45, 2.75) is 20.0 Å². The molecule has 0 bridgehead atoms. The summed E-state index contributed by atoms with van der Waals surface area (Å²) in [5.41, 5.74) is 3.52.